The first-order valence-corrected chi connectivity index (χ1v) is 6.29. The van der Waals surface area contributed by atoms with E-state index in [1.807, 2.05) is 0 Å². The Balaban J connectivity index is 2.13. The molecule has 1 saturated heterocycles. The molecule has 1 aliphatic rings. The van der Waals surface area contributed by atoms with Crippen molar-refractivity contribution in [3.63, 3.8) is 0 Å². The number of morpholine rings is 1. The summed E-state index contributed by atoms with van der Waals surface area (Å²) in [6.45, 7) is 2.74. The molecule has 1 N–H and O–H groups in total. The van der Waals surface area contributed by atoms with Crippen LogP contribution in [-0.4, -0.2) is 49.3 Å². The lowest BCUT2D eigenvalue weighted by atomic mass is 10.2. The molecule has 0 radical (unpaired) electrons. The van der Waals surface area contributed by atoms with E-state index in [1.54, 1.807) is 11.9 Å². The molecule has 1 fully saturated rings. The summed E-state index contributed by atoms with van der Waals surface area (Å²) in [6, 6.07) is 1.31. The summed E-state index contributed by atoms with van der Waals surface area (Å²) >= 11 is 5.74. The van der Waals surface area contributed by atoms with E-state index in [4.69, 9.17) is 16.3 Å². The molecule has 104 valence electrons. The maximum absolute atomic E-state index is 11.0. The van der Waals surface area contributed by atoms with Crippen molar-refractivity contribution in [3.8, 4) is 0 Å². The van der Waals surface area contributed by atoms with Gasteiger partial charge in [0.05, 0.1) is 22.7 Å². The monoisotopic (exact) mass is 286 g/mol. The first kappa shape index (κ1) is 14.0. The number of ether oxygens (including phenoxy) is 1. The molecule has 0 aliphatic carbocycles. The summed E-state index contributed by atoms with van der Waals surface area (Å²) in [4.78, 5) is 16.3. The molecule has 1 aliphatic heterocycles. The fourth-order valence-electron chi connectivity index (χ4n) is 1.98. The van der Waals surface area contributed by atoms with Crippen molar-refractivity contribution in [1.82, 2.24) is 10.3 Å². The Hall–Kier alpha value is -1.44. The van der Waals surface area contributed by atoms with Gasteiger partial charge in [0.15, 0.2) is 0 Å². The number of halogens is 1. The fraction of sp³-hybridized carbons (Fsp3) is 0.545. The van der Waals surface area contributed by atoms with E-state index in [9.17, 15) is 10.1 Å². The predicted octanol–water partition coefficient (Wildman–Crippen LogP) is 1.07. The molecule has 1 aromatic heterocycles. The Morgan fingerprint density at radius 3 is 3.16 bits per heavy atom. The predicted molar refractivity (Wildman–Crippen MR) is 71.8 cm³/mol. The van der Waals surface area contributed by atoms with Crippen LogP contribution in [0.2, 0.25) is 5.02 Å². The lowest BCUT2D eigenvalue weighted by molar-refractivity contribution is -0.384. The zero-order valence-electron chi connectivity index (χ0n) is 10.5. The molecule has 0 bridgehead atoms. The van der Waals surface area contributed by atoms with Crippen LogP contribution in [0.1, 0.15) is 0 Å². The highest BCUT2D eigenvalue weighted by atomic mass is 35.5. The van der Waals surface area contributed by atoms with Crippen molar-refractivity contribution >= 4 is 23.1 Å². The molecular formula is C11H15ClN4O3. The summed E-state index contributed by atoms with van der Waals surface area (Å²) < 4.78 is 5.57. The second kappa shape index (κ2) is 6.14. The standard InChI is InChI=1S/C11H15ClN4O3/c1-15(7-9-6-13-2-3-19-9)11-10(16(17)18)4-8(12)5-14-11/h4-5,9,13H,2-3,6-7H2,1H3. The van der Waals surface area contributed by atoms with E-state index in [0.717, 1.165) is 13.1 Å². The van der Waals surface area contributed by atoms with Gasteiger partial charge in [-0.05, 0) is 0 Å². The SMILES string of the molecule is CN(CC1CNCCO1)c1ncc(Cl)cc1[N+](=O)[O-]. The molecule has 0 aromatic carbocycles. The summed E-state index contributed by atoms with van der Waals surface area (Å²) in [7, 11) is 1.75. The van der Waals surface area contributed by atoms with Gasteiger partial charge in [-0.25, -0.2) is 4.98 Å². The fourth-order valence-corrected chi connectivity index (χ4v) is 2.13. The normalized spacial score (nSPS) is 19.2. The number of anilines is 1. The van der Waals surface area contributed by atoms with Gasteiger partial charge in [0, 0.05) is 38.9 Å². The zero-order chi connectivity index (χ0) is 13.8. The van der Waals surface area contributed by atoms with Crippen molar-refractivity contribution in [2.75, 3.05) is 38.2 Å². The molecule has 7 nitrogen and oxygen atoms in total. The van der Waals surface area contributed by atoms with Gasteiger partial charge in [-0.1, -0.05) is 11.6 Å². The summed E-state index contributed by atoms with van der Waals surface area (Å²) in [5.41, 5.74) is -0.0984. The molecule has 1 atom stereocenters. The molecule has 1 unspecified atom stereocenters. The lowest BCUT2D eigenvalue weighted by Gasteiger charge is -2.28. The molecule has 0 saturated carbocycles. The van der Waals surface area contributed by atoms with Crippen molar-refractivity contribution in [2.24, 2.45) is 0 Å². The molecule has 0 amide bonds. The minimum absolute atomic E-state index is 0.00386. The number of nitro groups is 1. The van der Waals surface area contributed by atoms with Crippen molar-refractivity contribution in [3.05, 3.63) is 27.4 Å². The van der Waals surface area contributed by atoms with Gasteiger partial charge in [0.25, 0.3) is 0 Å². The lowest BCUT2D eigenvalue weighted by Crippen LogP contribution is -2.44. The topological polar surface area (TPSA) is 80.5 Å². The van der Waals surface area contributed by atoms with Crippen LogP contribution in [0.15, 0.2) is 12.3 Å². The average molecular weight is 287 g/mol. The van der Waals surface area contributed by atoms with Crippen LogP contribution in [-0.2, 0) is 4.74 Å². The van der Waals surface area contributed by atoms with E-state index in [1.165, 1.54) is 12.3 Å². The quantitative estimate of drug-likeness (QED) is 0.659. The van der Waals surface area contributed by atoms with Gasteiger partial charge >= 0.3 is 5.69 Å². The number of aromatic nitrogens is 1. The Labute approximate surface area is 115 Å². The molecule has 2 rings (SSSR count). The van der Waals surface area contributed by atoms with Crippen molar-refractivity contribution in [1.29, 1.82) is 0 Å². The number of nitrogens with one attached hydrogen (secondary N) is 1. The molecule has 8 heteroatoms. The minimum Gasteiger partial charge on any atom is -0.374 e. The number of nitrogens with zero attached hydrogens (tertiary/aromatic N) is 3. The number of likely N-dealkylation sites (N-methyl/N-ethyl adjacent to an activating group) is 1. The van der Waals surface area contributed by atoms with Crippen molar-refractivity contribution in [2.45, 2.75) is 6.10 Å². The van der Waals surface area contributed by atoms with Crippen molar-refractivity contribution < 1.29 is 9.66 Å². The van der Waals surface area contributed by atoms with E-state index >= 15 is 0 Å². The molecule has 0 spiro atoms. The van der Waals surface area contributed by atoms with Crippen LogP contribution < -0.4 is 10.2 Å². The van der Waals surface area contributed by atoms with Gasteiger partial charge in [0.1, 0.15) is 0 Å². The Morgan fingerprint density at radius 2 is 2.53 bits per heavy atom. The van der Waals surface area contributed by atoms with Crippen LogP contribution in [0.4, 0.5) is 11.5 Å². The van der Waals surface area contributed by atoms with E-state index < -0.39 is 4.92 Å². The maximum atomic E-state index is 11.0. The Bertz CT molecular complexity index is 465. The minimum atomic E-state index is -0.481. The summed E-state index contributed by atoms with van der Waals surface area (Å²) in [6.07, 6.45) is 1.40. The molecule has 19 heavy (non-hydrogen) atoms. The first-order valence-electron chi connectivity index (χ1n) is 5.91. The van der Waals surface area contributed by atoms with Gasteiger partial charge in [-0.15, -0.1) is 0 Å². The van der Waals surface area contributed by atoms with Crippen LogP contribution in [0.5, 0.6) is 0 Å². The Kier molecular flexibility index (Phi) is 4.52. The van der Waals surface area contributed by atoms with Gasteiger partial charge in [-0.3, -0.25) is 10.1 Å². The van der Waals surface area contributed by atoms with E-state index in [-0.39, 0.29) is 16.8 Å². The molecule has 1 aromatic rings. The first-order chi connectivity index (χ1) is 9.08. The third kappa shape index (κ3) is 3.52. The van der Waals surface area contributed by atoms with Gasteiger partial charge < -0.3 is 15.0 Å². The summed E-state index contributed by atoms with van der Waals surface area (Å²) in [5, 5.41) is 14.5. The number of hydrogen-bond donors (Lipinski definition) is 1. The Morgan fingerprint density at radius 1 is 1.74 bits per heavy atom. The third-order valence-corrected chi connectivity index (χ3v) is 3.06. The largest absolute Gasteiger partial charge is 0.374 e. The number of hydrogen-bond acceptors (Lipinski definition) is 6. The smallest absolute Gasteiger partial charge is 0.313 e. The average Bonchev–Trinajstić information content (AvgIpc) is 2.39. The van der Waals surface area contributed by atoms with E-state index in [2.05, 4.69) is 10.3 Å². The zero-order valence-corrected chi connectivity index (χ0v) is 11.3. The second-order valence-electron chi connectivity index (χ2n) is 4.33. The maximum Gasteiger partial charge on any atom is 0.313 e. The highest BCUT2D eigenvalue weighted by molar-refractivity contribution is 6.30. The number of rotatable bonds is 4. The third-order valence-electron chi connectivity index (χ3n) is 2.85. The van der Waals surface area contributed by atoms with Gasteiger partial charge in [-0.2, -0.15) is 0 Å². The highest BCUT2D eigenvalue weighted by Gasteiger charge is 2.23. The van der Waals surface area contributed by atoms with E-state index in [0.29, 0.717) is 19.0 Å². The van der Waals surface area contributed by atoms with Crippen LogP contribution >= 0.6 is 11.6 Å². The highest BCUT2D eigenvalue weighted by Crippen LogP contribution is 2.27. The van der Waals surface area contributed by atoms with Gasteiger partial charge in [0.2, 0.25) is 5.82 Å². The number of pyridine rings is 1. The second-order valence-corrected chi connectivity index (χ2v) is 4.77. The molecule has 2 heterocycles. The van der Waals surface area contributed by atoms with Crippen LogP contribution in [0, 0.1) is 10.1 Å². The summed E-state index contributed by atoms with van der Waals surface area (Å²) in [5.74, 6) is 0.295. The van der Waals surface area contributed by atoms with Crippen LogP contribution in [0.3, 0.4) is 0 Å². The molecular weight excluding hydrogens is 272 g/mol. The van der Waals surface area contributed by atoms with Crippen LogP contribution in [0.25, 0.3) is 0 Å².